The average Bonchev–Trinajstić information content (AvgIpc) is 3.09. The Morgan fingerprint density at radius 3 is 1.73 bits per heavy atom. The molecule has 0 aliphatic carbocycles. The normalized spacial score (nSPS) is 13.7. The lowest BCUT2D eigenvalue weighted by Gasteiger charge is -2.24. The average molecular weight is 755 g/mol. The summed E-state index contributed by atoms with van der Waals surface area (Å²) >= 11 is 0. The fourth-order valence-electron chi connectivity index (χ4n) is 5.44. The van der Waals surface area contributed by atoms with Crippen LogP contribution in [-0.4, -0.2) is 74.9 Å². The van der Waals surface area contributed by atoms with Crippen LogP contribution in [0.1, 0.15) is 167 Å². The van der Waals surface area contributed by atoms with Gasteiger partial charge in [0.2, 0.25) is 0 Å². The quantitative estimate of drug-likeness (QED) is 0.0167. The van der Waals surface area contributed by atoms with E-state index in [1.54, 1.807) is 0 Å². The van der Waals surface area contributed by atoms with E-state index in [1.807, 2.05) is 21.1 Å². The third kappa shape index (κ3) is 37.8. The second-order valence-electron chi connectivity index (χ2n) is 15.0. The minimum absolute atomic E-state index is 0.0255. The molecule has 0 bridgehead atoms. The van der Waals surface area contributed by atoms with Gasteiger partial charge in [-0.05, 0) is 44.9 Å². The van der Waals surface area contributed by atoms with Crippen LogP contribution in [0.4, 0.5) is 0 Å². The zero-order valence-electron chi connectivity index (χ0n) is 33.7. The molecule has 0 aromatic carbocycles. The Balaban J connectivity index is 4.41. The Kier molecular flexibility index (Phi) is 33.5. The number of quaternary nitrogens is 1. The van der Waals surface area contributed by atoms with Crippen molar-refractivity contribution in [2.45, 2.75) is 174 Å². The number of terminal acetylenes is 1. The lowest BCUT2D eigenvalue weighted by atomic mass is 10.0. The molecule has 0 aromatic heterocycles. The van der Waals surface area contributed by atoms with Crippen LogP contribution < -0.4 is 0 Å². The highest BCUT2D eigenvalue weighted by Gasteiger charge is 2.27. The molecule has 52 heavy (non-hydrogen) atoms. The first-order valence-electron chi connectivity index (χ1n) is 20.5. The number of carbonyl (C=O) groups is 2. The van der Waals surface area contributed by atoms with E-state index < -0.39 is 26.5 Å². The molecule has 0 rings (SSSR count). The van der Waals surface area contributed by atoms with Crippen LogP contribution in [0, 0.1) is 12.3 Å². The number of ether oxygens (including phenoxy) is 2. The van der Waals surface area contributed by atoms with Gasteiger partial charge in [-0.15, -0.1) is 12.3 Å². The number of allylic oxidation sites excluding steroid dienone is 4. The molecule has 1 unspecified atom stereocenters. The van der Waals surface area contributed by atoms with E-state index >= 15 is 0 Å². The maximum Gasteiger partial charge on any atom is 0.472 e. The molecule has 0 saturated carbocycles. The number of rotatable bonds is 37. The highest BCUT2D eigenvalue weighted by Crippen LogP contribution is 2.43. The molecular weight excluding hydrogens is 677 g/mol. The third-order valence-electron chi connectivity index (χ3n) is 8.70. The van der Waals surface area contributed by atoms with Crippen molar-refractivity contribution in [3.8, 4) is 12.3 Å². The van der Waals surface area contributed by atoms with Crippen molar-refractivity contribution in [2.75, 3.05) is 47.5 Å². The van der Waals surface area contributed by atoms with Gasteiger partial charge >= 0.3 is 19.8 Å². The van der Waals surface area contributed by atoms with Gasteiger partial charge in [-0.3, -0.25) is 18.6 Å². The van der Waals surface area contributed by atoms with E-state index in [0.717, 1.165) is 77.0 Å². The van der Waals surface area contributed by atoms with Crippen molar-refractivity contribution < 1.29 is 42.1 Å². The lowest BCUT2D eigenvalue weighted by Crippen LogP contribution is -2.37. The fraction of sp³-hybridized carbons (Fsp3) is 0.810. The van der Waals surface area contributed by atoms with Gasteiger partial charge in [-0.1, -0.05) is 128 Å². The molecule has 0 spiro atoms. The Morgan fingerprint density at radius 1 is 0.692 bits per heavy atom. The van der Waals surface area contributed by atoms with Crippen LogP contribution in [0.3, 0.4) is 0 Å². The topological polar surface area (TPSA) is 108 Å². The molecule has 10 heteroatoms. The summed E-state index contributed by atoms with van der Waals surface area (Å²) in [6, 6.07) is 0. The molecule has 0 fully saturated rings. The summed E-state index contributed by atoms with van der Waals surface area (Å²) in [7, 11) is 1.45. The van der Waals surface area contributed by atoms with Gasteiger partial charge in [0.25, 0.3) is 0 Å². The third-order valence-corrected chi connectivity index (χ3v) is 9.69. The van der Waals surface area contributed by atoms with E-state index in [9.17, 15) is 19.0 Å². The molecule has 2 atom stereocenters. The molecule has 0 aromatic rings. The predicted octanol–water partition coefficient (Wildman–Crippen LogP) is 10.8. The highest BCUT2D eigenvalue weighted by molar-refractivity contribution is 7.47. The molecule has 0 amide bonds. The van der Waals surface area contributed by atoms with Gasteiger partial charge < -0.3 is 18.9 Å². The van der Waals surface area contributed by atoms with Gasteiger partial charge in [0.05, 0.1) is 27.7 Å². The van der Waals surface area contributed by atoms with Gasteiger partial charge in [0.1, 0.15) is 19.8 Å². The van der Waals surface area contributed by atoms with E-state index in [0.29, 0.717) is 17.4 Å². The number of nitrogens with zero attached hydrogens (tertiary/aromatic N) is 1. The number of esters is 2. The molecule has 0 aliphatic heterocycles. The van der Waals surface area contributed by atoms with Crippen LogP contribution in [0.5, 0.6) is 0 Å². The number of carbonyl (C=O) groups excluding carboxylic acids is 2. The molecule has 0 saturated heterocycles. The van der Waals surface area contributed by atoms with Crippen molar-refractivity contribution in [3.63, 3.8) is 0 Å². The first kappa shape index (κ1) is 50.1. The van der Waals surface area contributed by atoms with E-state index in [1.165, 1.54) is 64.2 Å². The van der Waals surface area contributed by atoms with Crippen molar-refractivity contribution in [3.05, 3.63) is 24.3 Å². The smallest absolute Gasteiger partial charge is 0.462 e. The number of hydrogen-bond acceptors (Lipinski definition) is 7. The van der Waals surface area contributed by atoms with Crippen molar-refractivity contribution in [1.82, 2.24) is 0 Å². The second kappa shape index (κ2) is 34.8. The molecule has 0 heterocycles. The van der Waals surface area contributed by atoms with Crippen molar-refractivity contribution >= 4 is 19.8 Å². The summed E-state index contributed by atoms with van der Waals surface area (Å²) in [4.78, 5) is 35.2. The highest BCUT2D eigenvalue weighted by atomic mass is 31.2. The monoisotopic (exact) mass is 755 g/mol. The molecule has 1 N–H and O–H groups in total. The van der Waals surface area contributed by atoms with Gasteiger partial charge in [0.15, 0.2) is 6.10 Å². The predicted molar refractivity (Wildman–Crippen MR) is 214 cm³/mol. The Morgan fingerprint density at radius 2 is 1.19 bits per heavy atom. The molecule has 0 radical (unpaired) electrons. The summed E-state index contributed by atoms with van der Waals surface area (Å²) in [5.74, 6) is 1.83. The maximum atomic E-state index is 12.6. The summed E-state index contributed by atoms with van der Waals surface area (Å²) < 4.78 is 34.2. The van der Waals surface area contributed by atoms with Gasteiger partial charge in [-0.25, -0.2) is 4.57 Å². The van der Waals surface area contributed by atoms with Crippen LogP contribution in [0.2, 0.25) is 0 Å². The van der Waals surface area contributed by atoms with Gasteiger partial charge in [-0.2, -0.15) is 0 Å². The summed E-state index contributed by atoms with van der Waals surface area (Å²) in [6.07, 6.45) is 39.1. The number of hydrogen-bond donors (Lipinski definition) is 1. The number of unbranched alkanes of at least 4 members (excludes halogenated alkanes) is 19. The Hall–Kier alpha value is -1.95. The molecule has 302 valence electrons. The lowest BCUT2D eigenvalue weighted by molar-refractivity contribution is -0.870. The standard InChI is InChI=1S/C42H76NO8P/c1-6-8-10-12-14-16-18-20-21-23-25-27-29-31-33-35-42(45)51-40(39-50-52(46,47)49-37-36-43(3,4)5)38-48-41(44)34-32-30-28-26-24-22-19-17-15-13-11-9-7-2/h1,14,16,20-21,40H,7-13,15,17-19,22-39H2,2-5H3/p+1/b16-14-,21-20-/t40-/m1/s1. The van der Waals surface area contributed by atoms with Gasteiger partial charge in [0, 0.05) is 19.3 Å². The van der Waals surface area contributed by atoms with Crippen molar-refractivity contribution in [2.24, 2.45) is 0 Å². The SMILES string of the molecule is C#CCCC/C=C\C/C=C\CCCCCCCC(=O)O[C@H](COC(=O)CCCCCCCCCCCCCCC)COP(=O)(O)OCC[N+](C)(C)C. The Labute approximate surface area is 318 Å². The van der Waals surface area contributed by atoms with Crippen LogP contribution >= 0.6 is 7.82 Å². The zero-order valence-corrected chi connectivity index (χ0v) is 34.6. The maximum absolute atomic E-state index is 12.6. The number of likely N-dealkylation sites (N-methyl/N-ethyl adjacent to an activating group) is 1. The number of phosphoric acid groups is 1. The first-order valence-corrected chi connectivity index (χ1v) is 22.0. The Bertz CT molecular complexity index is 1020. The van der Waals surface area contributed by atoms with Crippen LogP contribution in [0.25, 0.3) is 0 Å². The minimum Gasteiger partial charge on any atom is -0.462 e. The van der Waals surface area contributed by atoms with E-state index in [-0.39, 0.29) is 32.0 Å². The second-order valence-corrected chi connectivity index (χ2v) is 16.4. The number of phosphoric ester groups is 1. The molecule has 0 aliphatic rings. The van der Waals surface area contributed by atoms with E-state index in [4.69, 9.17) is 24.9 Å². The summed E-state index contributed by atoms with van der Waals surface area (Å²) in [5, 5.41) is 0. The molecular formula is C42H77NO8P+. The van der Waals surface area contributed by atoms with Crippen LogP contribution in [0.15, 0.2) is 24.3 Å². The minimum atomic E-state index is -4.38. The fourth-order valence-corrected chi connectivity index (χ4v) is 6.18. The summed E-state index contributed by atoms with van der Waals surface area (Å²) in [5.41, 5.74) is 0. The van der Waals surface area contributed by atoms with Crippen LogP contribution in [-0.2, 0) is 32.7 Å². The van der Waals surface area contributed by atoms with Crippen molar-refractivity contribution in [1.29, 1.82) is 0 Å². The zero-order chi connectivity index (χ0) is 38.6. The summed E-state index contributed by atoms with van der Waals surface area (Å²) in [6.45, 7) is 2.13. The van der Waals surface area contributed by atoms with E-state index in [2.05, 4.69) is 37.1 Å². The first-order chi connectivity index (χ1) is 25.0. The molecule has 9 nitrogen and oxygen atoms in total. The largest absolute Gasteiger partial charge is 0.472 e.